The molecule has 0 unspecified atom stereocenters. The lowest BCUT2D eigenvalue weighted by Gasteiger charge is -2.29. The standard InChI is InChI=1S/C46H69N3O7/c1-43(2,3)53-31-38(36-19-21-48(29-36)41(51)55-45(7,8)9)25-32-15-13-17-34(23-32)27-47-28-35-18-14-16-33(24-35)26-39(40(50)54-44(4,5)6)37-20-22-49(30-37)42(52)56-46(10,11)12/h13-18,23-24,26,36-38,47H,19-22,25,27-31H2,1-12H3/b39-26+/t36-,37-,38+/m0/s1. The number of nitrogens with zero attached hydrogens (tertiary/aromatic N) is 2. The number of rotatable bonds is 12. The average Bonchev–Trinajstić information content (AvgIpc) is 3.75. The topological polar surface area (TPSA) is 107 Å². The molecule has 0 bridgehead atoms. The Morgan fingerprint density at radius 1 is 0.696 bits per heavy atom. The fourth-order valence-electron chi connectivity index (χ4n) is 7.06. The highest BCUT2D eigenvalue weighted by Gasteiger charge is 2.36. The second kappa shape index (κ2) is 18.6. The number of hydrogen-bond donors (Lipinski definition) is 1. The van der Waals surface area contributed by atoms with Crippen molar-refractivity contribution in [2.45, 2.75) is 138 Å². The van der Waals surface area contributed by atoms with Crippen LogP contribution in [0.2, 0.25) is 0 Å². The van der Waals surface area contributed by atoms with Crippen LogP contribution >= 0.6 is 0 Å². The number of benzene rings is 2. The molecule has 2 aromatic carbocycles. The fourth-order valence-corrected chi connectivity index (χ4v) is 7.06. The van der Waals surface area contributed by atoms with E-state index in [0.29, 0.717) is 63.8 Å². The SMILES string of the molecule is CC(C)(C)OC[C@@H](Cc1cccc(CNCc2cccc(/C=C(/C(=O)OC(C)(C)C)[C@H]3CCN(C(=O)OC(C)(C)C)C3)c2)c1)[C@H]1CCN(C(=O)OC(C)(C)C)C1. The summed E-state index contributed by atoms with van der Waals surface area (Å²) in [6.45, 7) is 27.4. The predicted octanol–water partition coefficient (Wildman–Crippen LogP) is 9.19. The van der Waals surface area contributed by atoms with Crippen LogP contribution < -0.4 is 5.32 Å². The minimum absolute atomic E-state index is 0.163. The Kier molecular flexibility index (Phi) is 14.9. The third-order valence-electron chi connectivity index (χ3n) is 9.61. The first-order chi connectivity index (χ1) is 25.9. The van der Waals surface area contributed by atoms with E-state index in [1.807, 2.05) is 85.4 Å². The minimum atomic E-state index is -0.650. The monoisotopic (exact) mass is 776 g/mol. The maximum atomic E-state index is 13.5. The Balaban J connectivity index is 1.41. The maximum Gasteiger partial charge on any atom is 0.410 e. The lowest BCUT2D eigenvalue weighted by atomic mass is 9.86. The lowest BCUT2D eigenvalue weighted by Crippen LogP contribution is -2.36. The van der Waals surface area contributed by atoms with Gasteiger partial charge in [0.15, 0.2) is 0 Å². The van der Waals surface area contributed by atoms with Gasteiger partial charge >= 0.3 is 18.2 Å². The summed E-state index contributed by atoms with van der Waals surface area (Å²) in [6, 6.07) is 16.9. The number of carbonyl (C=O) groups is 3. The molecule has 0 spiro atoms. The summed E-state index contributed by atoms with van der Waals surface area (Å²) in [5.41, 5.74) is 2.99. The molecule has 10 nitrogen and oxygen atoms in total. The molecule has 2 heterocycles. The summed E-state index contributed by atoms with van der Waals surface area (Å²) >= 11 is 0. The van der Waals surface area contributed by atoms with E-state index in [0.717, 1.165) is 24.0 Å². The van der Waals surface area contributed by atoms with Crippen molar-refractivity contribution in [3.05, 3.63) is 76.4 Å². The van der Waals surface area contributed by atoms with Crippen molar-refractivity contribution in [3.8, 4) is 0 Å². The van der Waals surface area contributed by atoms with Crippen LogP contribution in [0.5, 0.6) is 0 Å². The molecular formula is C46H69N3O7. The quantitative estimate of drug-likeness (QED) is 0.129. The molecule has 1 N–H and O–H groups in total. The molecule has 56 heavy (non-hydrogen) atoms. The number of likely N-dealkylation sites (tertiary alicyclic amines) is 2. The third kappa shape index (κ3) is 15.2. The molecule has 2 aliphatic heterocycles. The van der Waals surface area contributed by atoms with Crippen LogP contribution in [0.15, 0.2) is 54.1 Å². The molecule has 0 saturated carbocycles. The van der Waals surface area contributed by atoms with E-state index in [1.54, 1.807) is 4.90 Å². The lowest BCUT2D eigenvalue weighted by molar-refractivity contribution is -0.150. The smallest absolute Gasteiger partial charge is 0.410 e. The summed E-state index contributed by atoms with van der Waals surface area (Å²) in [5.74, 6) is 0.0540. The predicted molar refractivity (Wildman–Crippen MR) is 222 cm³/mol. The van der Waals surface area contributed by atoms with Gasteiger partial charge in [-0.05, 0) is 143 Å². The summed E-state index contributed by atoms with van der Waals surface area (Å²) in [7, 11) is 0. The number of esters is 1. The number of amides is 2. The number of nitrogens with one attached hydrogen (secondary N) is 1. The zero-order valence-electron chi connectivity index (χ0n) is 36.3. The van der Waals surface area contributed by atoms with Gasteiger partial charge in [0.05, 0.1) is 12.2 Å². The van der Waals surface area contributed by atoms with Crippen molar-refractivity contribution in [2.24, 2.45) is 17.8 Å². The van der Waals surface area contributed by atoms with Crippen LogP contribution in [0.25, 0.3) is 6.08 Å². The first kappa shape index (κ1) is 44.8. The van der Waals surface area contributed by atoms with Crippen LogP contribution in [0.3, 0.4) is 0 Å². The van der Waals surface area contributed by atoms with Gasteiger partial charge < -0.3 is 34.1 Å². The molecule has 2 saturated heterocycles. The minimum Gasteiger partial charge on any atom is -0.457 e. The first-order valence-electron chi connectivity index (χ1n) is 20.4. The second-order valence-electron chi connectivity index (χ2n) is 19.5. The molecule has 0 radical (unpaired) electrons. The molecule has 0 aromatic heterocycles. The van der Waals surface area contributed by atoms with Gasteiger partial charge in [-0.1, -0.05) is 48.5 Å². The Bertz CT molecular complexity index is 1670. The molecule has 4 rings (SSSR count). The second-order valence-corrected chi connectivity index (χ2v) is 19.5. The van der Waals surface area contributed by atoms with Crippen LogP contribution in [0.4, 0.5) is 9.59 Å². The Hall–Kier alpha value is -3.89. The third-order valence-corrected chi connectivity index (χ3v) is 9.61. The van der Waals surface area contributed by atoms with Gasteiger partial charge in [0.25, 0.3) is 0 Å². The van der Waals surface area contributed by atoms with E-state index >= 15 is 0 Å². The Labute approximate surface area is 336 Å². The largest absolute Gasteiger partial charge is 0.457 e. The van der Waals surface area contributed by atoms with Crippen molar-refractivity contribution in [2.75, 3.05) is 32.8 Å². The maximum absolute atomic E-state index is 13.5. The van der Waals surface area contributed by atoms with E-state index in [4.69, 9.17) is 18.9 Å². The highest BCUT2D eigenvalue weighted by atomic mass is 16.6. The van der Waals surface area contributed by atoms with E-state index in [1.165, 1.54) is 11.1 Å². The molecule has 310 valence electrons. The highest BCUT2D eigenvalue weighted by molar-refractivity contribution is 5.94. The molecule has 2 fully saturated rings. The fraction of sp³-hybridized carbons (Fsp3) is 0.630. The van der Waals surface area contributed by atoms with Crippen LogP contribution in [0, 0.1) is 17.8 Å². The van der Waals surface area contributed by atoms with E-state index in [9.17, 15) is 14.4 Å². The molecule has 2 amide bonds. The molecule has 0 aliphatic carbocycles. The molecular weight excluding hydrogens is 707 g/mol. The van der Waals surface area contributed by atoms with Crippen molar-refractivity contribution < 1.29 is 33.3 Å². The number of carbonyl (C=O) groups excluding carboxylic acids is 3. The van der Waals surface area contributed by atoms with Gasteiger partial charge in [-0.2, -0.15) is 0 Å². The van der Waals surface area contributed by atoms with Crippen molar-refractivity contribution in [1.82, 2.24) is 15.1 Å². The molecule has 2 aromatic rings. The van der Waals surface area contributed by atoms with E-state index in [2.05, 4.69) is 62.5 Å². The van der Waals surface area contributed by atoms with Gasteiger partial charge in [0.1, 0.15) is 16.8 Å². The van der Waals surface area contributed by atoms with Crippen molar-refractivity contribution >= 4 is 24.2 Å². The van der Waals surface area contributed by atoms with Crippen LogP contribution in [0.1, 0.15) is 118 Å². The first-order valence-corrected chi connectivity index (χ1v) is 20.4. The summed E-state index contributed by atoms with van der Waals surface area (Å²) in [4.78, 5) is 42.7. The molecule has 2 aliphatic rings. The zero-order valence-corrected chi connectivity index (χ0v) is 36.3. The van der Waals surface area contributed by atoms with Gasteiger partial charge in [0, 0.05) is 50.8 Å². The van der Waals surface area contributed by atoms with Crippen molar-refractivity contribution in [3.63, 3.8) is 0 Å². The zero-order chi connectivity index (χ0) is 41.5. The average molecular weight is 776 g/mol. The van der Waals surface area contributed by atoms with Gasteiger partial charge in [0.2, 0.25) is 0 Å². The van der Waals surface area contributed by atoms with Gasteiger partial charge in [-0.15, -0.1) is 0 Å². The van der Waals surface area contributed by atoms with Gasteiger partial charge in [-0.25, -0.2) is 14.4 Å². The summed E-state index contributed by atoms with van der Waals surface area (Å²) < 4.78 is 23.4. The summed E-state index contributed by atoms with van der Waals surface area (Å²) in [6.07, 6.45) is 3.76. The summed E-state index contributed by atoms with van der Waals surface area (Å²) in [5, 5.41) is 3.61. The highest BCUT2D eigenvalue weighted by Crippen LogP contribution is 2.31. The normalized spacial score (nSPS) is 18.9. The Morgan fingerprint density at radius 3 is 1.82 bits per heavy atom. The van der Waals surface area contributed by atoms with Crippen LogP contribution in [-0.2, 0) is 43.3 Å². The van der Waals surface area contributed by atoms with E-state index < -0.39 is 16.8 Å². The Morgan fingerprint density at radius 2 is 1.23 bits per heavy atom. The van der Waals surface area contributed by atoms with Gasteiger partial charge in [-0.3, -0.25) is 0 Å². The molecule has 3 atom stereocenters. The molecule has 10 heteroatoms. The number of ether oxygens (including phenoxy) is 4. The number of hydrogen-bond acceptors (Lipinski definition) is 8. The van der Waals surface area contributed by atoms with Crippen LogP contribution in [-0.4, -0.2) is 83.1 Å². The van der Waals surface area contributed by atoms with E-state index in [-0.39, 0.29) is 35.6 Å². The van der Waals surface area contributed by atoms with Crippen molar-refractivity contribution in [1.29, 1.82) is 0 Å².